The predicted octanol–water partition coefficient (Wildman–Crippen LogP) is 4.64. The monoisotopic (exact) mass is 803 g/mol. The van der Waals surface area contributed by atoms with Crippen LogP contribution in [0.2, 0.25) is 0 Å². The van der Waals surface area contributed by atoms with E-state index in [1.807, 2.05) is 32.9 Å². The Hall–Kier alpha value is -2.78. The van der Waals surface area contributed by atoms with E-state index in [2.05, 4.69) is 6.58 Å². The summed E-state index contributed by atoms with van der Waals surface area (Å²) in [6.45, 7) is 13.1. The molecule has 1 aliphatic carbocycles. The molecule has 2 saturated heterocycles. The summed E-state index contributed by atoms with van der Waals surface area (Å²) in [6, 6.07) is -1.14. The average molecular weight is 804 g/mol. The van der Waals surface area contributed by atoms with Gasteiger partial charge in [0, 0.05) is 52.0 Å². The zero-order valence-corrected chi connectivity index (χ0v) is 35.4. The first-order valence-corrected chi connectivity index (χ1v) is 20.9. The van der Waals surface area contributed by atoms with Crippen molar-refractivity contribution in [2.24, 2.45) is 29.6 Å². The third-order valence-corrected chi connectivity index (χ3v) is 12.9. The number of piperidine rings is 1. The van der Waals surface area contributed by atoms with Gasteiger partial charge < -0.3 is 43.9 Å². The third kappa shape index (κ3) is 11.3. The smallest absolute Gasteiger partial charge is 0.329 e. The number of allylic oxidation sites excluding steroid dienone is 4. The predicted molar refractivity (Wildman–Crippen MR) is 213 cm³/mol. The van der Waals surface area contributed by atoms with E-state index in [0.717, 1.165) is 5.57 Å². The number of rotatable bonds is 7. The molecule has 2 bridgehead atoms. The largest absolute Gasteiger partial charge is 0.456 e. The molecule has 1 amide bonds. The topological polar surface area (TPSA) is 178 Å². The van der Waals surface area contributed by atoms with Crippen LogP contribution in [0.25, 0.3) is 0 Å². The van der Waals surface area contributed by atoms with Crippen molar-refractivity contribution in [2.45, 2.75) is 160 Å². The summed E-state index contributed by atoms with van der Waals surface area (Å²) >= 11 is 0. The number of ether oxygens (including phenoxy) is 5. The van der Waals surface area contributed by atoms with Gasteiger partial charge in [0.05, 0.1) is 30.5 Å². The lowest BCUT2D eigenvalue weighted by molar-refractivity contribution is -0.302. The normalized spacial score (nSPS) is 41.0. The van der Waals surface area contributed by atoms with Crippen molar-refractivity contribution < 1.29 is 58.2 Å². The van der Waals surface area contributed by atoms with Crippen LogP contribution >= 0.6 is 0 Å². The summed E-state index contributed by atoms with van der Waals surface area (Å²) in [5.41, 5.74) is 1.61. The van der Waals surface area contributed by atoms with Gasteiger partial charge in [0.1, 0.15) is 24.0 Å². The lowest BCUT2D eigenvalue weighted by atomic mass is 9.81. The second-order valence-corrected chi connectivity index (χ2v) is 17.3. The number of methoxy groups -OCH3 is 3. The van der Waals surface area contributed by atoms with Crippen LogP contribution in [0.5, 0.6) is 0 Å². The number of aliphatic hydroxyl groups excluding tert-OH is 2. The Morgan fingerprint density at radius 3 is 2.25 bits per heavy atom. The van der Waals surface area contributed by atoms with Crippen molar-refractivity contribution in [1.82, 2.24) is 4.90 Å². The van der Waals surface area contributed by atoms with Gasteiger partial charge in [-0.3, -0.25) is 14.4 Å². The molecule has 13 nitrogen and oxygen atoms in total. The van der Waals surface area contributed by atoms with Crippen LogP contribution < -0.4 is 0 Å². The van der Waals surface area contributed by atoms with Gasteiger partial charge in [0.15, 0.2) is 0 Å². The van der Waals surface area contributed by atoms with Gasteiger partial charge in [-0.05, 0) is 95.5 Å². The minimum Gasteiger partial charge on any atom is -0.456 e. The second-order valence-electron chi connectivity index (χ2n) is 17.3. The summed E-state index contributed by atoms with van der Waals surface area (Å²) in [5.74, 6) is -7.76. The number of carbonyl (C=O) groups excluding carboxylic acids is 4. The molecule has 3 N–H and O–H groups in total. The average Bonchev–Trinajstić information content (AvgIpc) is 3.18. The SMILES string of the molecule is C=CC[C@@H]1/C=C(\C)C[C@H](C)C[C@H](OC)[C@H]2OC(O)(C(=O)C(=O)N3CCCCC3C(=O)OC(/C(C)=C/C3CC[C@@H](O)C(OC)C3)[C@H](C)[C@@H](O)CC1=O)C(C)CC2OC. The molecule has 7 unspecified atom stereocenters. The lowest BCUT2D eigenvalue weighted by Crippen LogP contribution is -2.64. The van der Waals surface area contributed by atoms with E-state index in [-0.39, 0.29) is 49.5 Å². The Bertz CT molecular complexity index is 1480. The molecule has 0 spiro atoms. The fourth-order valence-electron chi connectivity index (χ4n) is 9.42. The van der Waals surface area contributed by atoms with Gasteiger partial charge in [-0.25, -0.2) is 4.79 Å². The summed E-state index contributed by atoms with van der Waals surface area (Å²) in [4.78, 5) is 57.8. The van der Waals surface area contributed by atoms with Gasteiger partial charge in [-0.1, -0.05) is 44.6 Å². The van der Waals surface area contributed by atoms with Crippen molar-refractivity contribution in [3.05, 3.63) is 36.0 Å². The molecule has 3 fully saturated rings. The van der Waals surface area contributed by atoms with Crippen molar-refractivity contribution in [1.29, 1.82) is 0 Å². The molecule has 0 aromatic rings. The molecule has 1 saturated carbocycles. The number of carbonyl (C=O) groups is 4. The molecule has 4 aliphatic rings. The standard InChI is InChI=1S/C44H69NO12/c1-10-13-31-19-25(2)18-26(3)20-37(54-8)40-38(55-9)22-28(5)44(52,57-40)41(49)42(50)45-17-12-11-14-32(45)43(51)56-39(29(6)34(47)24-35(31)48)27(4)21-30-15-16-33(46)36(23-30)53-7/h10,19,21,26,28-34,36-40,46-47,52H,1,11-18,20,22-24H2,2-9H3/b25-19+,27-21+/t26-,28?,29+,30?,31+,32?,33+,34-,36?,37-,38?,39?,40+,44?/m0/s1. The Morgan fingerprint density at radius 1 is 0.930 bits per heavy atom. The number of cyclic esters (lactones) is 1. The number of nitrogens with zero attached hydrogens (tertiary/aromatic N) is 1. The third-order valence-electron chi connectivity index (χ3n) is 12.9. The number of aliphatic hydroxyl groups is 3. The van der Waals surface area contributed by atoms with Crippen LogP contribution in [0.4, 0.5) is 0 Å². The molecule has 13 heteroatoms. The second kappa shape index (κ2) is 21.0. The Balaban J connectivity index is 1.78. The number of fused-ring (bicyclic) bond motifs is 3. The van der Waals surface area contributed by atoms with Gasteiger partial charge in [0.2, 0.25) is 5.79 Å². The summed E-state index contributed by atoms with van der Waals surface area (Å²) in [6.07, 6.45) is 4.93. The zero-order chi connectivity index (χ0) is 42.2. The first-order chi connectivity index (χ1) is 27.0. The molecule has 0 aromatic heterocycles. The van der Waals surface area contributed by atoms with E-state index in [0.29, 0.717) is 56.9 Å². The van der Waals surface area contributed by atoms with Crippen LogP contribution in [0, 0.1) is 29.6 Å². The molecular formula is C44H69NO12. The first-order valence-electron chi connectivity index (χ1n) is 20.9. The van der Waals surface area contributed by atoms with Crippen LogP contribution in [-0.4, -0.2) is 126 Å². The first kappa shape index (κ1) is 46.9. The van der Waals surface area contributed by atoms with E-state index in [1.54, 1.807) is 27.0 Å². The lowest BCUT2D eigenvalue weighted by Gasteiger charge is -2.47. The zero-order valence-electron chi connectivity index (χ0n) is 35.4. The summed E-state index contributed by atoms with van der Waals surface area (Å²) in [5, 5.41) is 34.1. The number of hydrogen-bond acceptors (Lipinski definition) is 12. The Morgan fingerprint density at radius 2 is 1.60 bits per heavy atom. The van der Waals surface area contributed by atoms with Crippen LogP contribution in [-0.2, 0) is 42.9 Å². The maximum absolute atomic E-state index is 14.3. The maximum Gasteiger partial charge on any atom is 0.329 e. The van der Waals surface area contributed by atoms with Crippen molar-refractivity contribution in [3.63, 3.8) is 0 Å². The fourth-order valence-corrected chi connectivity index (χ4v) is 9.42. The molecule has 322 valence electrons. The van der Waals surface area contributed by atoms with Gasteiger partial charge in [0.25, 0.3) is 11.7 Å². The molecule has 3 heterocycles. The highest BCUT2D eigenvalue weighted by atomic mass is 16.7. The molecule has 3 aliphatic heterocycles. The molecule has 0 aromatic carbocycles. The van der Waals surface area contributed by atoms with E-state index in [9.17, 15) is 34.5 Å². The number of hydrogen-bond donors (Lipinski definition) is 3. The van der Waals surface area contributed by atoms with Gasteiger partial charge >= 0.3 is 5.97 Å². The van der Waals surface area contributed by atoms with E-state index >= 15 is 0 Å². The highest BCUT2D eigenvalue weighted by molar-refractivity contribution is 6.39. The molecule has 57 heavy (non-hydrogen) atoms. The van der Waals surface area contributed by atoms with Crippen molar-refractivity contribution >= 4 is 23.4 Å². The van der Waals surface area contributed by atoms with E-state index in [4.69, 9.17) is 23.7 Å². The molecule has 0 radical (unpaired) electrons. The number of Topliss-reactive ketones (excluding diaryl/α,β-unsaturated/α-hetero) is 2. The summed E-state index contributed by atoms with van der Waals surface area (Å²) < 4.78 is 29.7. The van der Waals surface area contributed by atoms with Gasteiger partial charge in [-0.2, -0.15) is 0 Å². The van der Waals surface area contributed by atoms with E-state index in [1.165, 1.54) is 19.1 Å². The highest BCUT2D eigenvalue weighted by Crippen LogP contribution is 2.39. The summed E-state index contributed by atoms with van der Waals surface area (Å²) in [7, 11) is 4.61. The van der Waals surface area contributed by atoms with Crippen molar-refractivity contribution in [3.8, 4) is 0 Å². The number of amides is 1. The van der Waals surface area contributed by atoms with Crippen LogP contribution in [0.1, 0.15) is 105 Å². The number of ketones is 2. The minimum absolute atomic E-state index is 0.00988. The quantitative estimate of drug-likeness (QED) is 0.185. The van der Waals surface area contributed by atoms with Crippen LogP contribution in [0.3, 0.4) is 0 Å². The maximum atomic E-state index is 14.3. The Labute approximate surface area is 339 Å². The Kier molecular flexibility index (Phi) is 17.2. The molecule has 4 rings (SSSR count). The highest BCUT2D eigenvalue weighted by Gasteiger charge is 2.56. The van der Waals surface area contributed by atoms with Gasteiger partial charge in [-0.15, -0.1) is 6.58 Å². The fraction of sp³-hybridized carbons (Fsp3) is 0.773. The molecule has 14 atom stereocenters. The minimum atomic E-state index is -2.51. The van der Waals surface area contributed by atoms with Crippen molar-refractivity contribution in [2.75, 3.05) is 27.9 Å². The number of esters is 1. The van der Waals surface area contributed by atoms with Crippen LogP contribution in [0.15, 0.2) is 36.0 Å². The van der Waals surface area contributed by atoms with E-state index < -0.39 is 83.9 Å². The molecular weight excluding hydrogens is 734 g/mol.